The van der Waals surface area contributed by atoms with Gasteiger partial charge < -0.3 is 15.1 Å². The number of carbonyl (C=O) groups is 1. The second-order valence-corrected chi connectivity index (χ2v) is 4.77. The van der Waals surface area contributed by atoms with E-state index in [2.05, 4.69) is 19.9 Å². The number of primary amides is 1. The highest BCUT2D eigenvalue weighted by Crippen LogP contribution is 2.25. The minimum absolute atomic E-state index is 0.150. The van der Waals surface area contributed by atoms with E-state index in [-0.39, 0.29) is 11.6 Å². The van der Waals surface area contributed by atoms with E-state index in [4.69, 9.17) is 10.2 Å². The SMILES string of the molecule is CCC(c1nc(C(N)=O)cc(-c2ccco2)n1)c1ncc[nH]1. The number of imidazole rings is 1. The third kappa shape index (κ3) is 2.60. The van der Waals surface area contributed by atoms with Gasteiger partial charge >= 0.3 is 0 Å². The van der Waals surface area contributed by atoms with Gasteiger partial charge in [-0.25, -0.2) is 15.0 Å². The molecule has 112 valence electrons. The molecule has 0 aliphatic carbocycles. The van der Waals surface area contributed by atoms with Gasteiger partial charge in [0.25, 0.3) is 5.91 Å². The van der Waals surface area contributed by atoms with Gasteiger partial charge in [-0.1, -0.05) is 6.92 Å². The molecule has 1 amide bonds. The molecule has 3 heterocycles. The highest BCUT2D eigenvalue weighted by Gasteiger charge is 2.21. The Balaban J connectivity index is 2.12. The number of nitrogens with zero attached hydrogens (tertiary/aromatic N) is 3. The summed E-state index contributed by atoms with van der Waals surface area (Å²) in [4.78, 5) is 27.7. The molecule has 0 spiro atoms. The molecular formula is C15H15N5O2. The van der Waals surface area contributed by atoms with E-state index in [1.807, 2.05) is 6.92 Å². The Morgan fingerprint density at radius 2 is 2.32 bits per heavy atom. The van der Waals surface area contributed by atoms with Crippen molar-refractivity contribution in [3.8, 4) is 11.5 Å². The van der Waals surface area contributed by atoms with Crippen LogP contribution in [-0.2, 0) is 0 Å². The number of aromatic nitrogens is 4. The molecular weight excluding hydrogens is 282 g/mol. The predicted molar refractivity (Wildman–Crippen MR) is 79.0 cm³/mol. The number of H-pyrrole nitrogens is 1. The van der Waals surface area contributed by atoms with Crippen LogP contribution in [0.4, 0.5) is 0 Å². The smallest absolute Gasteiger partial charge is 0.267 e. The molecule has 22 heavy (non-hydrogen) atoms. The molecule has 3 aromatic heterocycles. The van der Waals surface area contributed by atoms with Gasteiger partial charge in [-0.15, -0.1) is 0 Å². The standard InChI is InChI=1S/C15H15N5O2/c1-2-9(14-17-5-6-18-14)15-19-10(12-4-3-7-22-12)8-11(20-15)13(16)21/h3-9H,2H2,1H3,(H2,16,21)(H,17,18). The Morgan fingerprint density at radius 3 is 2.91 bits per heavy atom. The maximum absolute atomic E-state index is 11.6. The average Bonchev–Trinajstić information content (AvgIpc) is 3.21. The third-order valence-electron chi connectivity index (χ3n) is 3.34. The lowest BCUT2D eigenvalue weighted by atomic mass is 10.0. The van der Waals surface area contributed by atoms with E-state index in [1.165, 1.54) is 6.07 Å². The van der Waals surface area contributed by atoms with Gasteiger partial charge in [0, 0.05) is 12.4 Å². The molecule has 3 N–H and O–H groups in total. The van der Waals surface area contributed by atoms with Crippen molar-refractivity contribution < 1.29 is 9.21 Å². The summed E-state index contributed by atoms with van der Waals surface area (Å²) in [5, 5.41) is 0. The summed E-state index contributed by atoms with van der Waals surface area (Å²) in [5.41, 5.74) is 6.06. The minimum Gasteiger partial charge on any atom is -0.463 e. The van der Waals surface area contributed by atoms with Crippen molar-refractivity contribution in [1.29, 1.82) is 0 Å². The van der Waals surface area contributed by atoms with Gasteiger partial charge in [0.15, 0.2) is 5.76 Å². The maximum atomic E-state index is 11.6. The molecule has 0 radical (unpaired) electrons. The van der Waals surface area contributed by atoms with Crippen molar-refractivity contribution >= 4 is 5.91 Å². The molecule has 0 aliphatic rings. The van der Waals surface area contributed by atoms with Crippen LogP contribution < -0.4 is 5.73 Å². The summed E-state index contributed by atoms with van der Waals surface area (Å²) >= 11 is 0. The van der Waals surface area contributed by atoms with Crippen LogP contribution in [0.5, 0.6) is 0 Å². The minimum atomic E-state index is -0.606. The van der Waals surface area contributed by atoms with Crippen LogP contribution in [0.25, 0.3) is 11.5 Å². The molecule has 3 aromatic rings. The van der Waals surface area contributed by atoms with Gasteiger partial charge in [0.2, 0.25) is 0 Å². The normalized spacial score (nSPS) is 12.2. The van der Waals surface area contributed by atoms with Crippen molar-refractivity contribution in [3.63, 3.8) is 0 Å². The fraction of sp³-hybridized carbons (Fsp3) is 0.200. The van der Waals surface area contributed by atoms with E-state index in [1.54, 1.807) is 30.8 Å². The van der Waals surface area contributed by atoms with Gasteiger partial charge in [-0.05, 0) is 24.6 Å². The van der Waals surface area contributed by atoms with Crippen LogP contribution in [0.1, 0.15) is 41.4 Å². The number of nitrogens with two attached hydrogens (primary N) is 1. The van der Waals surface area contributed by atoms with Gasteiger partial charge in [0.1, 0.15) is 23.0 Å². The molecule has 0 saturated carbocycles. The average molecular weight is 297 g/mol. The fourth-order valence-electron chi connectivity index (χ4n) is 2.26. The largest absolute Gasteiger partial charge is 0.463 e. The number of hydrogen-bond acceptors (Lipinski definition) is 5. The topological polar surface area (TPSA) is 111 Å². The number of aromatic amines is 1. The molecule has 0 fully saturated rings. The fourth-order valence-corrected chi connectivity index (χ4v) is 2.26. The van der Waals surface area contributed by atoms with Crippen LogP contribution in [0.3, 0.4) is 0 Å². The van der Waals surface area contributed by atoms with E-state index in [9.17, 15) is 4.79 Å². The molecule has 0 bridgehead atoms. The van der Waals surface area contributed by atoms with Gasteiger partial charge in [-0.2, -0.15) is 0 Å². The van der Waals surface area contributed by atoms with Crippen LogP contribution >= 0.6 is 0 Å². The Morgan fingerprint density at radius 1 is 1.45 bits per heavy atom. The Labute approximate surface area is 126 Å². The second kappa shape index (κ2) is 5.80. The first kappa shape index (κ1) is 14.0. The van der Waals surface area contributed by atoms with Crippen LogP contribution in [-0.4, -0.2) is 25.8 Å². The summed E-state index contributed by atoms with van der Waals surface area (Å²) in [6, 6.07) is 5.05. The Bertz CT molecular complexity index is 765. The third-order valence-corrected chi connectivity index (χ3v) is 3.34. The summed E-state index contributed by atoms with van der Waals surface area (Å²) < 4.78 is 5.35. The first-order valence-corrected chi connectivity index (χ1v) is 6.91. The zero-order valence-corrected chi connectivity index (χ0v) is 12.0. The summed E-state index contributed by atoms with van der Waals surface area (Å²) in [6.45, 7) is 2.00. The Hall–Kier alpha value is -2.96. The van der Waals surface area contributed by atoms with E-state index in [0.29, 0.717) is 17.3 Å². The van der Waals surface area contributed by atoms with Crippen molar-refractivity contribution in [1.82, 2.24) is 19.9 Å². The molecule has 0 saturated heterocycles. The van der Waals surface area contributed by atoms with Crippen molar-refractivity contribution in [3.05, 3.63) is 54.2 Å². The predicted octanol–water partition coefficient (Wildman–Crippen LogP) is 2.10. The van der Waals surface area contributed by atoms with E-state index in [0.717, 1.165) is 12.2 Å². The van der Waals surface area contributed by atoms with Crippen LogP contribution in [0, 0.1) is 0 Å². The lowest BCUT2D eigenvalue weighted by Gasteiger charge is -2.12. The number of carbonyl (C=O) groups excluding carboxylic acids is 1. The molecule has 0 aliphatic heterocycles. The van der Waals surface area contributed by atoms with Crippen molar-refractivity contribution in [2.45, 2.75) is 19.3 Å². The lowest BCUT2D eigenvalue weighted by molar-refractivity contribution is 0.0995. The van der Waals surface area contributed by atoms with E-state index >= 15 is 0 Å². The second-order valence-electron chi connectivity index (χ2n) is 4.77. The first-order valence-electron chi connectivity index (χ1n) is 6.91. The summed E-state index contributed by atoms with van der Waals surface area (Å²) in [6.07, 6.45) is 5.69. The highest BCUT2D eigenvalue weighted by atomic mass is 16.3. The molecule has 0 aromatic carbocycles. The monoisotopic (exact) mass is 297 g/mol. The van der Waals surface area contributed by atoms with Crippen LogP contribution in [0.2, 0.25) is 0 Å². The van der Waals surface area contributed by atoms with E-state index < -0.39 is 5.91 Å². The van der Waals surface area contributed by atoms with Gasteiger partial charge in [0.05, 0.1) is 12.2 Å². The zero-order valence-electron chi connectivity index (χ0n) is 12.0. The molecule has 7 nitrogen and oxygen atoms in total. The number of furan rings is 1. The number of rotatable bonds is 5. The highest BCUT2D eigenvalue weighted by molar-refractivity contribution is 5.91. The molecule has 3 rings (SSSR count). The molecule has 7 heteroatoms. The Kier molecular flexibility index (Phi) is 3.69. The number of nitrogens with one attached hydrogen (secondary N) is 1. The van der Waals surface area contributed by atoms with Crippen molar-refractivity contribution in [2.75, 3.05) is 0 Å². The number of amides is 1. The van der Waals surface area contributed by atoms with Crippen molar-refractivity contribution in [2.24, 2.45) is 5.73 Å². The lowest BCUT2D eigenvalue weighted by Crippen LogP contribution is -2.17. The summed E-state index contributed by atoms with van der Waals surface area (Å²) in [7, 11) is 0. The maximum Gasteiger partial charge on any atom is 0.267 e. The summed E-state index contributed by atoms with van der Waals surface area (Å²) in [5.74, 6) is 1.03. The van der Waals surface area contributed by atoms with Gasteiger partial charge in [-0.3, -0.25) is 4.79 Å². The molecule has 1 unspecified atom stereocenters. The quantitative estimate of drug-likeness (QED) is 0.749. The zero-order chi connectivity index (χ0) is 15.5. The number of hydrogen-bond donors (Lipinski definition) is 2. The first-order chi connectivity index (χ1) is 10.7. The molecule has 1 atom stereocenters. The van der Waals surface area contributed by atoms with Crippen LogP contribution in [0.15, 0.2) is 41.3 Å².